The number of benzene rings is 2. The van der Waals surface area contributed by atoms with Gasteiger partial charge in [0.2, 0.25) is 0 Å². The molecule has 0 aliphatic carbocycles. The first-order chi connectivity index (χ1) is 18.3. The molecule has 4 nitrogen and oxygen atoms in total. The van der Waals surface area contributed by atoms with E-state index in [1.165, 1.54) is 63.5 Å². The normalized spacial score (nSPS) is 14.8. The smallest absolute Gasteiger partial charge is 0.127 e. The van der Waals surface area contributed by atoms with E-state index in [2.05, 4.69) is 32.5 Å². The quantitative estimate of drug-likeness (QED) is 0.206. The summed E-state index contributed by atoms with van der Waals surface area (Å²) in [6, 6.07) is 10.4. The average molecular weight is 545 g/mol. The van der Waals surface area contributed by atoms with E-state index in [-0.39, 0.29) is 11.5 Å². The summed E-state index contributed by atoms with van der Waals surface area (Å²) in [5.74, 6) is 3.13. The number of aromatic hydroxyl groups is 2. The van der Waals surface area contributed by atoms with Gasteiger partial charge >= 0.3 is 0 Å². The minimum absolute atomic E-state index is 0.179. The Bertz CT molecular complexity index is 864. The lowest BCUT2D eigenvalue weighted by Crippen LogP contribution is -2.21. The van der Waals surface area contributed by atoms with Gasteiger partial charge in [0.25, 0.3) is 0 Å². The fourth-order valence-corrected chi connectivity index (χ4v) is 5.61. The third-order valence-corrected chi connectivity index (χ3v) is 8.54. The van der Waals surface area contributed by atoms with Crippen LogP contribution in [-0.4, -0.2) is 34.4 Å². The second-order valence-electron chi connectivity index (χ2n) is 10.9. The molecule has 0 bridgehead atoms. The molecule has 2 aromatic carbocycles. The molecule has 5 heteroatoms. The molecule has 0 amide bonds. The molecule has 2 aromatic rings. The summed E-state index contributed by atoms with van der Waals surface area (Å²) in [5.41, 5.74) is 1.50. The van der Waals surface area contributed by atoms with Crippen molar-refractivity contribution in [3.05, 3.63) is 47.5 Å². The Labute approximate surface area is 236 Å². The SMILES string of the molecule is CCCCCCCCCC1CCS1.CCCOc1cc(O)ccc1C(C)(C)c1ccc(O)cc1OCCC. The van der Waals surface area contributed by atoms with Gasteiger partial charge < -0.3 is 19.7 Å². The fourth-order valence-electron chi connectivity index (χ4n) is 4.70. The summed E-state index contributed by atoms with van der Waals surface area (Å²) in [6.07, 6.45) is 15.0. The molecule has 1 aliphatic rings. The molecular formula is C33H52O4S. The van der Waals surface area contributed by atoms with Crippen LogP contribution in [0.4, 0.5) is 0 Å². The van der Waals surface area contributed by atoms with Gasteiger partial charge in [-0.3, -0.25) is 0 Å². The van der Waals surface area contributed by atoms with Crippen LogP contribution >= 0.6 is 11.8 Å². The van der Waals surface area contributed by atoms with Crippen LogP contribution in [-0.2, 0) is 5.41 Å². The summed E-state index contributed by atoms with van der Waals surface area (Å²) < 4.78 is 11.7. The lowest BCUT2D eigenvalue weighted by molar-refractivity contribution is 0.300. The number of hydrogen-bond acceptors (Lipinski definition) is 5. The van der Waals surface area contributed by atoms with Gasteiger partial charge in [-0.05, 0) is 43.6 Å². The van der Waals surface area contributed by atoms with E-state index < -0.39 is 5.41 Å². The van der Waals surface area contributed by atoms with Crippen LogP contribution in [0.1, 0.15) is 116 Å². The molecule has 2 N–H and O–H groups in total. The monoisotopic (exact) mass is 544 g/mol. The Kier molecular flexibility index (Phi) is 14.9. The van der Waals surface area contributed by atoms with E-state index in [0.717, 1.165) is 29.2 Å². The van der Waals surface area contributed by atoms with E-state index in [0.29, 0.717) is 24.7 Å². The second-order valence-corrected chi connectivity index (χ2v) is 12.3. The first-order valence-corrected chi connectivity index (χ1v) is 15.9. The number of ether oxygens (including phenoxy) is 2. The summed E-state index contributed by atoms with van der Waals surface area (Å²) in [5, 5.41) is 20.7. The molecule has 214 valence electrons. The molecule has 0 radical (unpaired) electrons. The highest BCUT2D eigenvalue weighted by molar-refractivity contribution is 8.01. The van der Waals surface area contributed by atoms with Crippen LogP contribution in [0.3, 0.4) is 0 Å². The standard InChI is InChI=1S/C21H28O4.C12H24S/c1-5-11-24-19-13-15(22)7-9-17(19)21(3,4)18-10-8-16(23)14-20(18)25-12-6-2;1-2-3-4-5-6-7-8-9-12-10-11-13-12/h7-10,13-14,22-23H,5-6,11-12H2,1-4H3;12H,2-11H2,1H3. The summed E-state index contributed by atoms with van der Waals surface area (Å²) in [7, 11) is 0. The molecule has 1 fully saturated rings. The van der Waals surface area contributed by atoms with E-state index in [1.54, 1.807) is 24.3 Å². The zero-order chi connectivity index (χ0) is 27.8. The van der Waals surface area contributed by atoms with Crippen LogP contribution in [0.2, 0.25) is 0 Å². The predicted octanol–water partition coefficient (Wildman–Crippen LogP) is 9.63. The van der Waals surface area contributed by atoms with E-state index in [4.69, 9.17) is 9.47 Å². The number of phenols is 2. The van der Waals surface area contributed by atoms with Crippen molar-refractivity contribution in [2.75, 3.05) is 19.0 Å². The van der Waals surface area contributed by atoms with Gasteiger partial charge in [-0.2, -0.15) is 11.8 Å². The van der Waals surface area contributed by atoms with Crippen molar-refractivity contribution in [1.29, 1.82) is 0 Å². The molecule has 3 rings (SSSR count). The van der Waals surface area contributed by atoms with Gasteiger partial charge in [-0.15, -0.1) is 0 Å². The minimum Gasteiger partial charge on any atom is -0.508 e. The van der Waals surface area contributed by atoms with Crippen molar-refractivity contribution in [3.8, 4) is 23.0 Å². The zero-order valence-corrected chi connectivity index (χ0v) is 25.4. The van der Waals surface area contributed by atoms with Crippen molar-refractivity contribution in [3.63, 3.8) is 0 Å². The third-order valence-electron chi connectivity index (χ3n) is 7.12. The molecular weight excluding hydrogens is 492 g/mol. The summed E-state index contributed by atoms with van der Waals surface area (Å²) >= 11 is 2.18. The highest BCUT2D eigenvalue weighted by Crippen LogP contribution is 2.43. The molecule has 1 heterocycles. The van der Waals surface area contributed by atoms with Gasteiger partial charge in [0.15, 0.2) is 0 Å². The fraction of sp³-hybridized carbons (Fsp3) is 0.636. The van der Waals surface area contributed by atoms with Gasteiger partial charge in [0.05, 0.1) is 13.2 Å². The van der Waals surface area contributed by atoms with Gasteiger partial charge in [-0.25, -0.2) is 0 Å². The molecule has 0 saturated carbocycles. The Hall–Kier alpha value is -2.01. The van der Waals surface area contributed by atoms with Crippen LogP contribution in [0.5, 0.6) is 23.0 Å². The lowest BCUT2D eigenvalue weighted by atomic mass is 9.77. The van der Waals surface area contributed by atoms with Crippen LogP contribution in [0, 0.1) is 0 Å². The van der Waals surface area contributed by atoms with Crippen molar-refractivity contribution in [2.45, 2.75) is 116 Å². The van der Waals surface area contributed by atoms with Gasteiger partial charge in [0.1, 0.15) is 23.0 Å². The van der Waals surface area contributed by atoms with Crippen molar-refractivity contribution >= 4 is 11.8 Å². The van der Waals surface area contributed by atoms with E-state index >= 15 is 0 Å². The maximum absolute atomic E-state index is 9.84. The first-order valence-electron chi connectivity index (χ1n) is 14.9. The first kappa shape index (κ1) is 32.2. The summed E-state index contributed by atoms with van der Waals surface area (Å²) in [6.45, 7) is 11.7. The minimum atomic E-state index is -0.423. The number of hydrogen-bond donors (Lipinski definition) is 2. The third kappa shape index (κ3) is 10.6. The zero-order valence-electron chi connectivity index (χ0n) is 24.6. The molecule has 1 saturated heterocycles. The lowest BCUT2D eigenvalue weighted by Gasteiger charge is -2.30. The summed E-state index contributed by atoms with van der Waals surface area (Å²) in [4.78, 5) is 0. The van der Waals surface area contributed by atoms with Gasteiger partial charge in [0, 0.05) is 33.9 Å². The van der Waals surface area contributed by atoms with Crippen LogP contribution < -0.4 is 9.47 Å². The number of rotatable bonds is 16. The highest BCUT2D eigenvalue weighted by Gasteiger charge is 2.30. The Balaban J connectivity index is 0.000000328. The largest absolute Gasteiger partial charge is 0.508 e. The molecule has 38 heavy (non-hydrogen) atoms. The second kappa shape index (κ2) is 17.6. The van der Waals surface area contributed by atoms with Crippen molar-refractivity contribution in [2.24, 2.45) is 0 Å². The van der Waals surface area contributed by atoms with Crippen LogP contribution in [0.15, 0.2) is 36.4 Å². The van der Waals surface area contributed by atoms with E-state index in [1.807, 2.05) is 26.0 Å². The molecule has 0 spiro atoms. The Morgan fingerprint density at radius 1 is 0.737 bits per heavy atom. The van der Waals surface area contributed by atoms with Crippen LogP contribution in [0.25, 0.3) is 0 Å². The van der Waals surface area contributed by atoms with Gasteiger partial charge in [-0.1, -0.05) is 91.7 Å². The topological polar surface area (TPSA) is 58.9 Å². The van der Waals surface area contributed by atoms with Crippen molar-refractivity contribution in [1.82, 2.24) is 0 Å². The maximum atomic E-state index is 9.84. The van der Waals surface area contributed by atoms with Crippen molar-refractivity contribution < 1.29 is 19.7 Å². The molecule has 1 unspecified atom stereocenters. The Morgan fingerprint density at radius 2 is 1.21 bits per heavy atom. The molecule has 1 aliphatic heterocycles. The Morgan fingerprint density at radius 3 is 1.63 bits per heavy atom. The number of phenolic OH excluding ortho intramolecular Hbond substituents is 2. The number of thioether (sulfide) groups is 1. The predicted molar refractivity (Wildman–Crippen MR) is 163 cm³/mol. The van der Waals surface area contributed by atoms with E-state index in [9.17, 15) is 10.2 Å². The average Bonchev–Trinajstić information content (AvgIpc) is 2.87. The highest BCUT2D eigenvalue weighted by atomic mass is 32.2. The molecule has 1 atom stereocenters. The number of unbranched alkanes of at least 4 members (excludes halogenated alkanes) is 6. The molecule has 0 aromatic heterocycles. The maximum Gasteiger partial charge on any atom is 0.127 e.